The number of pyridine rings is 1. The van der Waals surface area contributed by atoms with Gasteiger partial charge in [0.05, 0.1) is 12.2 Å². The van der Waals surface area contributed by atoms with Crippen molar-refractivity contribution in [2.75, 3.05) is 13.2 Å². The Balaban J connectivity index is 1.29. The molecule has 1 aliphatic rings. The molecule has 33 heavy (non-hydrogen) atoms. The molecule has 12 heteroatoms. The highest BCUT2D eigenvalue weighted by Gasteiger charge is 2.31. The van der Waals surface area contributed by atoms with E-state index in [4.69, 9.17) is 9.47 Å². The van der Waals surface area contributed by atoms with Crippen molar-refractivity contribution in [3.63, 3.8) is 0 Å². The van der Waals surface area contributed by atoms with E-state index in [0.29, 0.717) is 23.4 Å². The summed E-state index contributed by atoms with van der Waals surface area (Å²) in [5.41, 5.74) is 1.83. The Morgan fingerprint density at radius 3 is 2.70 bits per heavy atom. The molecule has 0 N–H and O–H groups in total. The first-order valence-corrected chi connectivity index (χ1v) is 9.54. The molecule has 3 aromatic rings. The Morgan fingerprint density at radius 2 is 2.03 bits per heavy atom. The SMILES string of the molecule is O=[N+]([O-])c1cn2c(n1)OC[C@@H](OCC#Cc1ccc(-c3ccc(OC(F)(F)F)cc3)nc1)C2. The number of alkyl halides is 3. The van der Waals surface area contributed by atoms with Gasteiger partial charge >= 0.3 is 18.2 Å². The van der Waals surface area contributed by atoms with Gasteiger partial charge in [0.1, 0.15) is 31.3 Å². The van der Waals surface area contributed by atoms with Crippen molar-refractivity contribution in [3.05, 3.63) is 64.5 Å². The average molecular weight is 460 g/mol. The quantitative estimate of drug-likeness (QED) is 0.326. The molecular formula is C21H15F3N4O5. The number of fused-ring (bicyclic) bond motifs is 1. The van der Waals surface area contributed by atoms with Gasteiger partial charge < -0.3 is 24.3 Å². The van der Waals surface area contributed by atoms with Crippen LogP contribution < -0.4 is 9.47 Å². The smallest absolute Gasteiger partial charge is 0.443 e. The van der Waals surface area contributed by atoms with E-state index in [-0.39, 0.29) is 36.9 Å². The number of aromatic nitrogens is 3. The zero-order chi connectivity index (χ0) is 23.4. The van der Waals surface area contributed by atoms with Crippen molar-refractivity contribution in [1.29, 1.82) is 0 Å². The highest BCUT2D eigenvalue weighted by molar-refractivity contribution is 5.60. The Morgan fingerprint density at radius 1 is 1.24 bits per heavy atom. The van der Waals surface area contributed by atoms with Crippen LogP contribution in [-0.2, 0) is 11.3 Å². The molecule has 4 rings (SSSR count). The largest absolute Gasteiger partial charge is 0.573 e. The summed E-state index contributed by atoms with van der Waals surface area (Å²) in [5, 5.41) is 10.8. The second-order valence-electron chi connectivity index (χ2n) is 6.84. The van der Waals surface area contributed by atoms with Gasteiger partial charge in [-0.3, -0.25) is 9.55 Å². The first kappa shape index (κ1) is 22.1. The summed E-state index contributed by atoms with van der Waals surface area (Å²) < 4.78 is 53.1. The molecule has 1 aliphatic heterocycles. The normalized spacial score (nSPS) is 15.1. The van der Waals surface area contributed by atoms with E-state index in [0.717, 1.165) is 0 Å². The lowest BCUT2D eigenvalue weighted by Crippen LogP contribution is -2.32. The van der Waals surface area contributed by atoms with E-state index in [9.17, 15) is 23.3 Å². The molecule has 0 spiro atoms. The number of halogens is 3. The van der Waals surface area contributed by atoms with Crippen molar-refractivity contribution in [2.24, 2.45) is 0 Å². The predicted octanol–water partition coefficient (Wildman–Crippen LogP) is 3.58. The molecule has 1 atom stereocenters. The third kappa shape index (κ3) is 5.78. The fraction of sp³-hybridized carbons (Fsp3) is 0.238. The Hall–Kier alpha value is -4.11. The van der Waals surface area contributed by atoms with Crippen molar-refractivity contribution in [2.45, 2.75) is 19.0 Å². The number of imidazole rings is 1. The van der Waals surface area contributed by atoms with E-state index >= 15 is 0 Å². The van der Waals surface area contributed by atoms with Gasteiger partial charge in [-0.25, -0.2) is 0 Å². The summed E-state index contributed by atoms with van der Waals surface area (Å²) in [5.74, 6) is 5.17. The van der Waals surface area contributed by atoms with Gasteiger partial charge in [0.25, 0.3) is 0 Å². The maximum atomic E-state index is 12.2. The fourth-order valence-electron chi connectivity index (χ4n) is 3.02. The average Bonchev–Trinajstić information content (AvgIpc) is 3.21. The van der Waals surface area contributed by atoms with Crippen molar-refractivity contribution < 1.29 is 32.3 Å². The first-order chi connectivity index (χ1) is 15.8. The van der Waals surface area contributed by atoms with Crippen LogP contribution in [0, 0.1) is 22.0 Å². The van der Waals surface area contributed by atoms with Crippen LogP contribution in [0.15, 0.2) is 48.8 Å². The predicted molar refractivity (Wildman–Crippen MR) is 107 cm³/mol. The Bertz CT molecular complexity index is 1200. The van der Waals surface area contributed by atoms with Gasteiger partial charge in [0.2, 0.25) is 0 Å². The molecule has 0 saturated carbocycles. The van der Waals surface area contributed by atoms with E-state index in [1.54, 1.807) is 18.3 Å². The summed E-state index contributed by atoms with van der Waals surface area (Å²) in [7, 11) is 0. The highest BCUT2D eigenvalue weighted by atomic mass is 19.4. The van der Waals surface area contributed by atoms with Crippen LogP contribution in [-0.4, -0.2) is 45.1 Å². The summed E-state index contributed by atoms with van der Waals surface area (Å²) in [6, 6.07) is 9.01. The van der Waals surface area contributed by atoms with Gasteiger partial charge in [-0.15, -0.1) is 13.2 Å². The molecule has 3 heterocycles. The molecule has 0 aliphatic carbocycles. The number of nitrogens with zero attached hydrogens (tertiary/aromatic N) is 4. The molecule has 0 fully saturated rings. The lowest BCUT2D eigenvalue weighted by molar-refractivity contribution is -0.389. The van der Waals surface area contributed by atoms with Crippen LogP contribution in [0.1, 0.15) is 5.56 Å². The minimum Gasteiger partial charge on any atom is -0.443 e. The van der Waals surface area contributed by atoms with Crippen LogP contribution in [0.25, 0.3) is 11.3 Å². The minimum absolute atomic E-state index is 0.114. The Kier molecular flexibility index (Phi) is 6.14. The van der Waals surface area contributed by atoms with E-state index in [2.05, 4.69) is 26.5 Å². The van der Waals surface area contributed by atoms with Crippen LogP contribution in [0.3, 0.4) is 0 Å². The molecule has 0 amide bonds. The first-order valence-electron chi connectivity index (χ1n) is 9.54. The number of nitro groups is 1. The van der Waals surface area contributed by atoms with Crippen LogP contribution in [0.2, 0.25) is 0 Å². The van der Waals surface area contributed by atoms with Crippen molar-refractivity contribution in [1.82, 2.24) is 14.5 Å². The third-order valence-corrected chi connectivity index (χ3v) is 4.48. The summed E-state index contributed by atoms with van der Waals surface area (Å²) in [6.07, 6.45) is -2.23. The van der Waals surface area contributed by atoms with E-state index in [1.165, 1.54) is 35.0 Å². The summed E-state index contributed by atoms with van der Waals surface area (Å²) in [4.78, 5) is 18.2. The summed E-state index contributed by atoms with van der Waals surface area (Å²) >= 11 is 0. The molecule has 170 valence electrons. The van der Waals surface area contributed by atoms with E-state index < -0.39 is 11.3 Å². The standard InChI is InChI=1S/C21H15F3N4O5/c22-21(23,24)33-16-6-4-15(5-7-16)18-8-3-14(10-25-18)2-1-9-31-17-11-27-12-19(28(29)30)26-20(27)32-13-17/h3-8,10,12,17H,9,11,13H2/t17-/m0/s1. The third-order valence-electron chi connectivity index (χ3n) is 4.48. The van der Waals surface area contributed by atoms with Crippen LogP contribution >= 0.6 is 0 Å². The molecule has 1 aromatic carbocycles. The maximum Gasteiger partial charge on any atom is 0.573 e. The molecular weight excluding hydrogens is 445 g/mol. The number of rotatable bonds is 5. The minimum atomic E-state index is -4.74. The zero-order valence-corrected chi connectivity index (χ0v) is 16.8. The van der Waals surface area contributed by atoms with Gasteiger partial charge in [0.15, 0.2) is 0 Å². The topological polar surface area (TPSA) is 102 Å². The lowest BCUT2D eigenvalue weighted by atomic mass is 10.1. The van der Waals surface area contributed by atoms with Crippen LogP contribution in [0.4, 0.5) is 19.0 Å². The monoisotopic (exact) mass is 460 g/mol. The number of benzene rings is 1. The van der Waals surface area contributed by atoms with Crippen molar-refractivity contribution >= 4 is 5.82 Å². The fourth-order valence-corrected chi connectivity index (χ4v) is 3.02. The van der Waals surface area contributed by atoms with Gasteiger partial charge in [0, 0.05) is 22.3 Å². The molecule has 9 nitrogen and oxygen atoms in total. The second-order valence-corrected chi connectivity index (χ2v) is 6.84. The second kappa shape index (κ2) is 9.17. The maximum absolute atomic E-state index is 12.2. The van der Waals surface area contributed by atoms with Gasteiger partial charge in [-0.2, -0.15) is 0 Å². The van der Waals surface area contributed by atoms with Gasteiger partial charge in [-0.05, 0) is 41.3 Å². The summed E-state index contributed by atoms with van der Waals surface area (Å²) in [6.45, 7) is 0.683. The molecule has 0 bridgehead atoms. The zero-order valence-electron chi connectivity index (χ0n) is 16.8. The molecule has 2 aromatic heterocycles. The highest BCUT2D eigenvalue weighted by Crippen LogP contribution is 2.26. The van der Waals surface area contributed by atoms with Gasteiger partial charge in [-0.1, -0.05) is 11.8 Å². The molecule has 0 saturated heterocycles. The van der Waals surface area contributed by atoms with Crippen LogP contribution in [0.5, 0.6) is 11.8 Å². The number of hydrogen-bond acceptors (Lipinski definition) is 7. The molecule has 0 unspecified atom stereocenters. The van der Waals surface area contributed by atoms with E-state index in [1.807, 2.05) is 0 Å². The number of hydrogen-bond donors (Lipinski definition) is 0. The number of ether oxygens (including phenoxy) is 3. The molecule has 0 radical (unpaired) electrons. The van der Waals surface area contributed by atoms with Crippen molar-refractivity contribution in [3.8, 4) is 34.9 Å². The lowest BCUT2D eigenvalue weighted by Gasteiger charge is -2.21. The Labute approximate surface area is 184 Å².